The van der Waals surface area contributed by atoms with Gasteiger partial charge in [-0.05, 0) is 53.4 Å². The molecule has 4 rings (SSSR count). The fraction of sp³-hybridized carbons (Fsp3) is 0.217. The Bertz CT molecular complexity index is 997. The van der Waals surface area contributed by atoms with Crippen molar-refractivity contribution in [2.24, 2.45) is 0 Å². The first kappa shape index (κ1) is 20.3. The second-order valence-corrected chi connectivity index (χ2v) is 8.00. The lowest BCUT2D eigenvalue weighted by Gasteiger charge is -2.26. The minimum absolute atomic E-state index is 0.153. The topological polar surface area (TPSA) is 70.7 Å². The van der Waals surface area contributed by atoms with Gasteiger partial charge in [-0.15, -0.1) is 11.3 Å². The lowest BCUT2D eigenvalue weighted by molar-refractivity contribution is 0.0342. The lowest BCUT2D eigenvalue weighted by Crippen LogP contribution is -2.35. The molecule has 0 unspecified atom stereocenters. The molecular formula is C23H23N3O3S. The Labute approximate surface area is 179 Å². The summed E-state index contributed by atoms with van der Waals surface area (Å²) in [5, 5.41) is 7.64. The Morgan fingerprint density at radius 2 is 1.67 bits per heavy atom. The Morgan fingerprint density at radius 1 is 0.900 bits per heavy atom. The summed E-state index contributed by atoms with van der Waals surface area (Å²) in [6.45, 7) is 4.21. The molecule has 6 nitrogen and oxygen atoms in total. The Morgan fingerprint density at radius 3 is 2.40 bits per heavy atom. The molecule has 0 spiro atoms. The molecule has 0 atom stereocenters. The van der Waals surface area contributed by atoms with Crippen molar-refractivity contribution in [1.29, 1.82) is 0 Å². The number of amides is 2. The number of carbonyl (C=O) groups excluding carboxylic acids is 2. The van der Waals surface area contributed by atoms with E-state index >= 15 is 0 Å². The summed E-state index contributed by atoms with van der Waals surface area (Å²) in [7, 11) is 0. The fourth-order valence-corrected chi connectivity index (χ4v) is 3.89. The average molecular weight is 422 g/mol. The maximum Gasteiger partial charge on any atom is 0.265 e. The monoisotopic (exact) mass is 421 g/mol. The van der Waals surface area contributed by atoms with Crippen LogP contribution in [-0.2, 0) is 11.3 Å². The molecule has 7 heteroatoms. The largest absolute Gasteiger partial charge is 0.379 e. The highest BCUT2D eigenvalue weighted by Gasteiger charge is 2.12. The molecule has 0 radical (unpaired) electrons. The summed E-state index contributed by atoms with van der Waals surface area (Å²) in [5.74, 6) is -0.339. The maximum absolute atomic E-state index is 12.6. The summed E-state index contributed by atoms with van der Waals surface area (Å²) in [4.78, 5) is 27.7. The summed E-state index contributed by atoms with van der Waals surface area (Å²) in [5.41, 5.74) is 3.10. The normalized spacial score (nSPS) is 14.3. The highest BCUT2D eigenvalue weighted by molar-refractivity contribution is 7.12. The van der Waals surface area contributed by atoms with Crippen LogP contribution in [-0.4, -0.2) is 43.0 Å². The van der Waals surface area contributed by atoms with E-state index in [0.717, 1.165) is 44.1 Å². The van der Waals surface area contributed by atoms with E-state index < -0.39 is 0 Å². The second kappa shape index (κ2) is 9.67. The van der Waals surface area contributed by atoms with Crippen molar-refractivity contribution in [3.8, 4) is 0 Å². The number of anilines is 2. The van der Waals surface area contributed by atoms with Gasteiger partial charge >= 0.3 is 0 Å². The molecule has 0 bridgehead atoms. The third-order valence-electron chi connectivity index (χ3n) is 4.84. The number of hydrogen-bond donors (Lipinski definition) is 2. The predicted octanol–water partition coefficient (Wildman–Crippen LogP) is 4.08. The zero-order chi connectivity index (χ0) is 20.8. The van der Waals surface area contributed by atoms with Gasteiger partial charge in [0.25, 0.3) is 11.8 Å². The van der Waals surface area contributed by atoms with E-state index in [9.17, 15) is 9.59 Å². The highest BCUT2D eigenvalue weighted by Crippen LogP contribution is 2.17. The first-order chi connectivity index (χ1) is 14.7. The number of thiophene rings is 1. The fourth-order valence-electron chi connectivity index (χ4n) is 3.27. The van der Waals surface area contributed by atoms with Crippen molar-refractivity contribution in [2.75, 3.05) is 36.9 Å². The van der Waals surface area contributed by atoms with Gasteiger partial charge in [0, 0.05) is 36.6 Å². The van der Waals surface area contributed by atoms with Crippen molar-refractivity contribution in [3.05, 3.63) is 82.0 Å². The van der Waals surface area contributed by atoms with Crippen molar-refractivity contribution in [3.63, 3.8) is 0 Å². The van der Waals surface area contributed by atoms with E-state index in [0.29, 0.717) is 16.1 Å². The molecule has 3 aromatic rings. The van der Waals surface area contributed by atoms with Crippen LogP contribution in [0.1, 0.15) is 25.6 Å². The van der Waals surface area contributed by atoms with Gasteiger partial charge in [-0.25, -0.2) is 0 Å². The number of rotatable bonds is 6. The molecule has 30 heavy (non-hydrogen) atoms. The van der Waals surface area contributed by atoms with Crippen molar-refractivity contribution >= 4 is 34.5 Å². The summed E-state index contributed by atoms with van der Waals surface area (Å²) >= 11 is 1.39. The van der Waals surface area contributed by atoms with E-state index in [1.54, 1.807) is 30.3 Å². The first-order valence-corrected chi connectivity index (χ1v) is 10.7. The smallest absolute Gasteiger partial charge is 0.265 e. The molecule has 0 saturated carbocycles. The number of ether oxygens (including phenoxy) is 1. The van der Waals surface area contributed by atoms with Crippen LogP contribution < -0.4 is 10.6 Å². The van der Waals surface area contributed by atoms with Crippen molar-refractivity contribution in [1.82, 2.24) is 4.90 Å². The molecule has 2 aromatic carbocycles. The number of nitrogens with zero attached hydrogens (tertiary/aromatic N) is 1. The van der Waals surface area contributed by atoms with E-state index in [1.807, 2.05) is 29.6 Å². The van der Waals surface area contributed by atoms with Gasteiger partial charge in [-0.1, -0.05) is 18.2 Å². The van der Waals surface area contributed by atoms with E-state index in [1.165, 1.54) is 11.3 Å². The van der Waals surface area contributed by atoms with Crippen LogP contribution in [0.15, 0.2) is 66.0 Å². The summed E-state index contributed by atoms with van der Waals surface area (Å²) in [6, 6.07) is 18.4. The molecular weight excluding hydrogens is 398 g/mol. The molecule has 0 aliphatic carbocycles. The summed E-state index contributed by atoms with van der Waals surface area (Å²) in [6.07, 6.45) is 0. The highest BCUT2D eigenvalue weighted by atomic mass is 32.1. The standard InChI is InChI=1S/C23H23N3O3S/c27-22(18-6-8-19(9-7-18)24-23(28)21-5-2-14-30-21)25-20-4-1-3-17(15-20)16-26-10-12-29-13-11-26/h1-9,14-15H,10-13,16H2,(H,24,28)(H,25,27). The van der Waals surface area contributed by atoms with Gasteiger partial charge in [0.1, 0.15) is 0 Å². The molecule has 2 heterocycles. The Balaban J connectivity index is 1.35. The Kier molecular flexibility index (Phi) is 6.53. The molecule has 2 amide bonds. The zero-order valence-corrected chi connectivity index (χ0v) is 17.3. The molecule has 1 aliphatic rings. The molecule has 1 aliphatic heterocycles. The number of benzene rings is 2. The summed E-state index contributed by atoms with van der Waals surface area (Å²) < 4.78 is 5.39. The molecule has 1 aromatic heterocycles. The lowest BCUT2D eigenvalue weighted by atomic mass is 10.1. The van der Waals surface area contributed by atoms with Crippen LogP contribution in [0.3, 0.4) is 0 Å². The van der Waals surface area contributed by atoms with Crippen LogP contribution in [0.2, 0.25) is 0 Å². The van der Waals surface area contributed by atoms with Gasteiger partial charge < -0.3 is 15.4 Å². The number of morpholine rings is 1. The van der Waals surface area contributed by atoms with Crippen LogP contribution in [0.4, 0.5) is 11.4 Å². The third kappa shape index (κ3) is 5.33. The van der Waals surface area contributed by atoms with Crippen LogP contribution >= 0.6 is 11.3 Å². The molecule has 1 fully saturated rings. The van der Waals surface area contributed by atoms with E-state index in [2.05, 4.69) is 21.6 Å². The van der Waals surface area contributed by atoms with Crippen LogP contribution in [0, 0.1) is 0 Å². The van der Waals surface area contributed by atoms with Crippen LogP contribution in [0.5, 0.6) is 0 Å². The molecule has 154 valence electrons. The van der Waals surface area contributed by atoms with Gasteiger partial charge in [-0.2, -0.15) is 0 Å². The average Bonchev–Trinajstić information content (AvgIpc) is 3.30. The van der Waals surface area contributed by atoms with Gasteiger partial charge in [0.2, 0.25) is 0 Å². The number of carbonyl (C=O) groups is 2. The van der Waals surface area contributed by atoms with Gasteiger partial charge in [0.05, 0.1) is 18.1 Å². The van der Waals surface area contributed by atoms with Crippen LogP contribution in [0.25, 0.3) is 0 Å². The van der Waals surface area contributed by atoms with Crippen molar-refractivity contribution in [2.45, 2.75) is 6.54 Å². The Hall–Kier alpha value is -3.00. The van der Waals surface area contributed by atoms with Gasteiger partial charge in [-0.3, -0.25) is 14.5 Å². The van der Waals surface area contributed by atoms with E-state index in [-0.39, 0.29) is 11.8 Å². The minimum Gasteiger partial charge on any atom is -0.379 e. The van der Waals surface area contributed by atoms with Gasteiger partial charge in [0.15, 0.2) is 0 Å². The second-order valence-electron chi connectivity index (χ2n) is 7.05. The maximum atomic E-state index is 12.6. The zero-order valence-electron chi connectivity index (χ0n) is 16.5. The SMILES string of the molecule is O=C(Nc1cccc(CN2CCOCC2)c1)c1ccc(NC(=O)c2cccs2)cc1. The first-order valence-electron chi connectivity index (χ1n) is 9.83. The number of nitrogens with one attached hydrogen (secondary N) is 2. The minimum atomic E-state index is -0.186. The predicted molar refractivity (Wildman–Crippen MR) is 119 cm³/mol. The quantitative estimate of drug-likeness (QED) is 0.629. The molecule has 2 N–H and O–H groups in total. The van der Waals surface area contributed by atoms with Crippen molar-refractivity contribution < 1.29 is 14.3 Å². The third-order valence-corrected chi connectivity index (χ3v) is 5.71. The van der Waals surface area contributed by atoms with E-state index in [4.69, 9.17) is 4.74 Å². The molecule has 1 saturated heterocycles. The number of hydrogen-bond acceptors (Lipinski definition) is 5.